The number of anilines is 1. The normalized spacial score (nSPS) is 11.1. The third-order valence-electron chi connectivity index (χ3n) is 3.06. The lowest BCUT2D eigenvalue weighted by Crippen LogP contribution is -2.04. The van der Waals surface area contributed by atoms with Crippen LogP contribution in [0.5, 0.6) is 0 Å². The second-order valence-electron chi connectivity index (χ2n) is 4.52. The molecule has 0 aliphatic rings. The number of hydrogen-bond acceptors (Lipinski definition) is 9. The molecule has 22 heavy (non-hydrogen) atoms. The van der Waals surface area contributed by atoms with E-state index in [1.54, 1.807) is 18.4 Å². The Hall–Kier alpha value is -3.23. The minimum Gasteiger partial charge on any atom is -0.459 e. The highest BCUT2D eigenvalue weighted by atomic mass is 16.5. The SMILES string of the molecule is Cc1noc2ncnc(NCc3noc(-c4ccco4)n3)c12. The molecule has 0 atom stereocenters. The van der Waals surface area contributed by atoms with E-state index in [2.05, 4.69) is 30.6 Å². The van der Waals surface area contributed by atoms with E-state index in [9.17, 15) is 0 Å². The standard InChI is InChI=1S/C13H10N6O3/c1-7-10-11(15-6-16-13(10)22-18-7)14-5-9-17-12(21-19-9)8-3-2-4-20-8/h2-4,6H,5H2,1H3,(H,14,15,16). The molecule has 9 nitrogen and oxygen atoms in total. The van der Waals surface area contributed by atoms with Crippen molar-refractivity contribution in [2.24, 2.45) is 0 Å². The van der Waals surface area contributed by atoms with E-state index < -0.39 is 0 Å². The first kappa shape index (κ1) is 12.5. The monoisotopic (exact) mass is 298 g/mol. The first-order valence-electron chi connectivity index (χ1n) is 6.48. The molecule has 0 saturated heterocycles. The van der Waals surface area contributed by atoms with E-state index >= 15 is 0 Å². The van der Waals surface area contributed by atoms with Gasteiger partial charge in [0.05, 0.1) is 18.5 Å². The van der Waals surface area contributed by atoms with Gasteiger partial charge in [-0.15, -0.1) is 0 Å². The van der Waals surface area contributed by atoms with Gasteiger partial charge in [0.15, 0.2) is 11.6 Å². The fourth-order valence-corrected chi connectivity index (χ4v) is 2.05. The zero-order chi connectivity index (χ0) is 14.9. The molecule has 0 amide bonds. The van der Waals surface area contributed by atoms with Crippen molar-refractivity contribution in [3.8, 4) is 11.7 Å². The molecular formula is C13H10N6O3. The summed E-state index contributed by atoms with van der Waals surface area (Å²) in [5.74, 6) is 1.94. The van der Waals surface area contributed by atoms with E-state index in [1.807, 2.05) is 6.92 Å². The molecule has 0 aliphatic carbocycles. The molecule has 1 N–H and O–H groups in total. The zero-order valence-electron chi connectivity index (χ0n) is 11.5. The molecule has 110 valence electrons. The molecule has 0 unspecified atom stereocenters. The van der Waals surface area contributed by atoms with E-state index in [0.717, 1.165) is 5.39 Å². The molecule has 4 heterocycles. The van der Waals surface area contributed by atoms with Gasteiger partial charge in [0.25, 0.3) is 11.6 Å². The Morgan fingerprint density at radius 2 is 2.14 bits per heavy atom. The number of furan rings is 1. The van der Waals surface area contributed by atoms with Crippen molar-refractivity contribution in [3.63, 3.8) is 0 Å². The molecular weight excluding hydrogens is 288 g/mol. The highest BCUT2D eigenvalue weighted by Crippen LogP contribution is 2.23. The van der Waals surface area contributed by atoms with Crippen LogP contribution in [0.4, 0.5) is 5.82 Å². The average molecular weight is 298 g/mol. The van der Waals surface area contributed by atoms with Crippen LogP contribution in [0.2, 0.25) is 0 Å². The van der Waals surface area contributed by atoms with Crippen molar-refractivity contribution in [2.45, 2.75) is 13.5 Å². The molecule has 4 aromatic heterocycles. The number of aryl methyl sites for hydroxylation is 1. The molecule has 4 rings (SSSR count). The van der Waals surface area contributed by atoms with Crippen LogP contribution < -0.4 is 5.32 Å². The molecule has 0 radical (unpaired) electrons. The van der Waals surface area contributed by atoms with Crippen LogP contribution in [0.15, 0.2) is 38.2 Å². The molecule has 0 aromatic carbocycles. The number of nitrogens with zero attached hydrogens (tertiary/aromatic N) is 5. The summed E-state index contributed by atoms with van der Waals surface area (Å²) in [5, 5.41) is 11.6. The fourth-order valence-electron chi connectivity index (χ4n) is 2.05. The fraction of sp³-hybridized carbons (Fsp3) is 0.154. The van der Waals surface area contributed by atoms with Crippen molar-refractivity contribution in [1.82, 2.24) is 25.3 Å². The average Bonchev–Trinajstić information content (AvgIpc) is 3.26. The molecule has 0 saturated carbocycles. The third kappa shape index (κ3) is 2.08. The molecule has 0 bridgehead atoms. The maximum absolute atomic E-state index is 5.20. The highest BCUT2D eigenvalue weighted by molar-refractivity contribution is 5.87. The Morgan fingerprint density at radius 3 is 3.00 bits per heavy atom. The Kier molecular flexibility index (Phi) is 2.81. The minimum absolute atomic E-state index is 0.329. The maximum Gasteiger partial charge on any atom is 0.293 e. The Morgan fingerprint density at radius 1 is 1.18 bits per heavy atom. The zero-order valence-corrected chi connectivity index (χ0v) is 11.5. The van der Waals surface area contributed by atoms with Crippen LogP contribution in [-0.2, 0) is 6.54 Å². The van der Waals surface area contributed by atoms with Gasteiger partial charge in [0.1, 0.15) is 17.5 Å². The van der Waals surface area contributed by atoms with Gasteiger partial charge >= 0.3 is 0 Å². The predicted octanol–water partition coefficient (Wildman–Crippen LogP) is 2.18. The Labute approximate surface area is 123 Å². The van der Waals surface area contributed by atoms with Gasteiger partial charge in [-0.1, -0.05) is 10.3 Å². The van der Waals surface area contributed by atoms with E-state index in [1.165, 1.54) is 6.33 Å². The lowest BCUT2D eigenvalue weighted by Gasteiger charge is -2.02. The second kappa shape index (κ2) is 4.95. The van der Waals surface area contributed by atoms with E-state index in [0.29, 0.717) is 41.2 Å². The van der Waals surface area contributed by atoms with Crippen molar-refractivity contribution in [3.05, 3.63) is 36.2 Å². The molecule has 0 aliphatic heterocycles. The van der Waals surface area contributed by atoms with Crippen LogP contribution >= 0.6 is 0 Å². The van der Waals surface area contributed by atoms with Gasteiger partial charge in [-0.05, 0) is 19.1 Å². The number of aromatic nitrogens is 5. The lowest BCUT2D eigenvalue weighted by molar-refractivity contribution is 0.410. The van der Waals surface area contributed by atoms with Gasteiger partial charge in [0.2, 0.25) is 0 Å². The summed E-state index contributed by atoms with van der Waals surface area (Å²) in [4.78, 5) is 12.4. The number of hydrogen-bond donors (Lipinski definition) is 1. The van der Waals surface area contributed by atoms with Gasteiger partial charge in [-0.2, -0.15) is 9.97 Å². The predicted molar refractivity (Wildman–Crippen MR) is 73.7 cm³/mol. The minimum atomic E-state index is 0.329. The van der Waals surface area contributed by atoms with Crippen molar-refractivity contribution in [1.29, 1.82) is 0 Å². The number of nitrogens with one attached hydrogen (secondary N) is 1. The van der Waals surface area contributed by atoms with Crippen LogP contribution in [0.1, 0.15) is 11.5 Å². The van der Waals surface area contributed by atoms with Crippen LogP contribution in [0.3, 0.4) is 0 Å². The smallest absolute Gasteiger partial charge is 0.293 e. The maximum atomic E-state index is 5.20. The summed E-state index contributed by atoms with van der Waals surface area (Å²) in [5.41, 5.74) is 1.14. The largest absolute Gasteiger partial charge is 0.459 e. The van der Waals surface area contributed by atoms with Crippen LogP contribution in [0, 0.1) is 6.92 Å². The highest BCUT2D eigenvalue weighted by Gasteiger charge is 2.14. The topological polar surface area (TPSA) is 116 Å². The van der Waals surface area contributed by atoms with Gasteiger partial charge in [0, 0.05) is 0 Å². The van der Waals surface area contributed by atoms with Crippen LogP contribution in [0.25, 0.3) is 22.8 Å². The third-order valence-corrected chi connectivity index (χ3v) is 3.06. The van der Waals surface area contributed by atoms with E-state index in [-0.39, 0.29) is 0 Å². The van der Waals surface area contributed by atoms with E-state index in [4.69, 9.17) is 13.5 Å². The molecule has 0 spiro atoms. The van der Waals surface area contributed by atoms with Crippen molar-refractivity contribution >= 4 is 16.9 Å². The van der Waals surface area contributed by atoms with Crippen molar-refractivity contribution in [2.75, 3.05) is 5.32 Å². The molecule has 4 aromatic rings. The summed E-state index contributed by atoms with van der Waals surface area (Å²) < 4.78 is 15.4. The van der Waals surface area contributed by atoms with Gasteiger partial charge < -0.3 is 18.8 Å². The summed E-state index contributed by atoms with van der Waals surface area (Å²) >= 11 is 0. The Balaban J connectivity index is 1.56. The van der Waals surface area contributed by atoms with Crippen LogP contribution in [-0.4, -0.2) is 25.3 Å². The summed E-state index contributed by atoms with van der Waals surface area (Å²) in [7, 11) is 0. The van der Waals surface area contributed by atoms with Gasteiger partial charge in [-0.25, -0.2) is 4.98 Å². The lowest BCUT2D eigenvalue weighted by atomic mass is 10.3. The first-order valence-corrected chi connectivity index (χ1v) is 6.48. The summed E-state index contributed by atoms with van der Waals surface area (Å²) in [6.07, 6.45) is 2.95. The number of rotatable bonds is 4. The second-order valence-corrected chi connectivity index (χ2v) is 4.52. The Bertz CT molecular complexity index is 911. The summed E-state index contributed by atoms with van der Waals surface area (Å²) in [6.45, 7) is 2.16. The molecule has 9 heteroatoms. The number of fused-ring (bicyclic) bond motifs is 1. The summed E-state index contributed by atoms with van der Waals surface area (Å²) in [6, 6.07) is 3.50. The molecule has 0 fully saturated rings. The first-order chi connectivity index (χ1) is 10.8. The quantitative estimate of drug-likeness (QED) is 0.604. The van der Waals surface area contributed by atoms with Crippen molar-refractivity contribution < 1.29 is 13.5 Å². The van der Waals surface area contributed by atoms with Gasteiger partial charge in [-0.3, -0.25) is 0 Å².